The number of amides is 1. The molecule has 1 amide bonds. The van der Waals surface area contributed by atoms with Crippen LogP contribution in [0.15, 0.2) is 42.1 Å². The highest BCUT2D eigenvalue weighted by Crippen LogP contribution is 2.40. The van der Waals surface area contributed by atoms with Gasteiger partial charge in [-0.05, 0) is 63.8 Å². The number of thioether (sulfide) groups is 1. The molecule has 2 unspecified atom stereocenters. The van der Waals surface area contributed by atoms with Crippen molar-refractivity contribution >= 4 is 34.8 Å². The summed E-state index contributed by atoms with van der Waals surface area (Å²) in [5, 5.41) is 7.32. The normalized spacial score (nSPS) is 20.0. The minimum atomic E-state index is -0.651. The van der Waals surface area contributed by atoms with Crippen molar-refractivity contribution in [2.75, 3.05) is 19.6 Å². The molecule has 1 aromatic carbocycles. The number of hydrogen-bond acceptors (Lipinski definition) is 7. The maximum absolute atomic E-state index is 14.9. The summed E-state index contributed by atoms with van der Waals surface area (Å²) >= 11 is 1.28. The third-order valence-corrected chi connectivity index (χ3v) is 7.76. The first-order valence-electron chi connectivity index (χ1n) is 13.4. The summed E-state index contributed by atoms with van der Waals surface area (Å²) < 4.78 is 21.9. The quantitative estimate of drug-likeness (QED) is 0.464. The van der Waals surface area contributed by atoms with Crippen molar-refractivity contribution in [3.8, 4) is 0 Å². The number of nitrogens with zero attached hydrogens (tertiary/aromatic N) is 3. The highest BCUT2D eigenvalue weighted by molar-refractivity contribution is 8.14. The molecule has 2 aliphatic rings. The number of aromatic nitrogens is 2. The van der Waals surface area contributed by atoms with Gasteiger partial charge in [0.25, 0.3) is 0 Å². The van der Waals surface area contributed by atoms with Crippen LogP contribution in [-0.4, -0.2) is 62.2 Å². The average molecular weight is 557 g/mol. The molecule has 1 saturated carbocycles. The molecule has 1 aromatic heterocycles. The number of ketones is 1. The topological polar surface area (TPSA) is 93.5 Å². The van der Waals surface area contributed by atoms with Crippen molar-refractivity contribution in [1.82, 2.24) is 20.0 Å². The van der Waals surface area contributed by atoms with E-state index in [0.717, 1.165) is 18.4 Å². The fourth-order valence-electron chi connectivity index (χ4n) is 4.75. The molecule has 2 aromatic rings. The zero-order valence-corrected chi connectivity index (χ0v) is 23.8. The number of carbonyl (C=O) groups is 3. The molecule has 10 heteroatoms. The zero-order valence-electron chi connectivity index (χ0n) is 23.0. The molecule has 2 heterocycles. The lowest BCUT2D eigenvalue weighted by Crippen LogP contribution is -2.43. The number of rotatable bonds is 9. The van der Waals surface area contributed by atoms with E-state index < -0.39 is 17.7 Å². The Balaban J connectivity index is 1.50. The van der Waals surface area contributed by atoms with Gasteiger partial charge in [0.15, 0.2) is 10.9 Å². The van der Waals surface area contributed by atoms with Crippen molar-refractivity contribution in [2.45, 2.75) is 70.4 Å². The van der Waals surface area contributed by atoms with Crippen LogP contribution in [0.2, 0.25) is 0 Å². The predicted molar refractivity (Wildman–Crippen MR) is 150 cm³/mol. The number of benzene rings is 1. The number of halogens is 1. The Morgan fingerprint density at radius 1 is 1.21 bits per heavy atom. The fraction of sp³-hybridized carbons (Fsp3) is 0.517. The lowest BCUT2D eigenvalue weighted by atomic mass is 9.93. The lowest BCUT2D eigenvalue weighted by molar-refractivity contribution is -0.126. The van der Waals surface area contributed by atoms with Crippen LogP contribution in [0.25, 0.3) is 6.08 Å². The number of hydrogen-bond donors (Lipinski definition) is 1. The van der Waals surface area contributed by atoms with Crippen molar-refractivity contribution in [1.29, 1.82) is 0 Å². The second-order valence-electron chi connectivity index (χ2n) is 11.1. The first-order chi connectivity index (χ1) is 18.5. The van der Waals surface area contributed by atoms with Crippen LogP contribution in [0.1, 0.15) is 64.3 Å². The van der Waals surface area contributed by atoms with Crippen LogP contribution in [0.4, 0.5) is 9.18 Å². The molecule has 0 spiro atoms. The standard InChI is InChI=1S/C29H37FN4O4S/c1-19(35)39-25-12-14-33(26(27(36)20-9-10-20)23-7-5-6-8-24(23)30)18-21(25)17-22-11-15-34(32-22)16-13-31-28(37)38-29(2,3)4/h5-8,11,15,17,20,25-26H,9-10,12-14,16,18H2,1-4H3,(H,31,37). The van der Waals surface area contributed by atoms with Gasteiger partial charge in [-0.15, -0.1) is 0 Å². The summed E-state index contributed by atoms with van der Waals surface area (Å²) in [5.41, 5.74) is 1.54. The van der Waals surface area contributed by atoms with Gasteiger partial charge in [0.1, 0.15) is 11.4 Å². The van der Waals surface area contributed by atoms with E-state index in [1.165, 1.54) is 17.8 Å². The Kier molecular flexibility index (Phi) is 9.27. The van der Waals surface area contributed by atoms with Gasteiger partial charge >= 0.3 is 6.09 Å². The minimum Gasteiger partial charge on any atom is -0.444 e. The number of ether oxygens (including phenoxy) is 1. The van der Waals surface area contributed by atoms with Crippen LogP contribution >= 0.6 is 11.8 Å². The summed E-state index contributed by atoms with van der Waals surface area (Å²) in [5.74, 6) is -0.323. The van der Waals surface area contributed by atoms with E-state index in [9.17, 15) is 18.8 Å². The Morgan fingerprint density at radius 3 is 2.62 bits per heavy atom. The average Bonchev–Trinajstić information content (AvgIpc) is 3.61. The van der Waals surface area contributed by atoms with Crippen molar-refractivity contribution in [3.63, 3.8) is 0 Å². The number of Topliss-reactive ketones (excluding diaryl/α,β-unsaturated/α-hetero) is 1. The summed E-state index contributed by atoms with van der Waals surface area (Å²) in [6, 6.07) is 7.73. The van der Waals surface area contributed by atoms with E-state index in [1.54, 1.807) is 29.8 Å². The van der Waals surface area contributed by atoms with Crippen LogP contribution in [0, 0.1) is 11.7 Å². The van der Waals surface area contributed by atoms with E-state index >= 15 is 0 Å². The summed E-state index contributed by atoms with van der Waals surface area (Å²) in [7, 11) is 0. The highest BCUT2D eigenvalue weighted by atomic mass is 32.2. The molecule has 2 fully saturated rings. The molecule has 8 nitrogen and oxygen atoms in total. The Labute approximate surface area is 233 Å². The molecule has 210 valence electrons. The number of alkyl carbamates (subject to hydrolysis) is 1. The molecule has 2 atom stereocenters. The first-order valence-corrected chi connectivity index (χ1v) is 14.3. The lowest BCUT2D eigenvalue weighted by Gasteiger charge is -2.38. The van der Waals surface area contributed by atoms with E-state index in [1.807, 2.05) is 44.0 Å². The SMILES string of the molecule is CC(=O)SC1CCN(C(C(=O)C2CC2)c2ccccc2F)CC1=Cc1ccn(CCNC(=O)OC(C)(C)C)n1. The van der Waals surface area contributed by atoms with Crippen LogP contribution in [0.3, 0.4) is 0 Å². The smallest absolute Gasteiger partial charge is 0.407 e. The zero-order chi connectivity index (χ0) is 28.2. The van der Waals surface area contributed by atoms with E-state index in [4.69, 9.17) is 4.74 Å². The van der Waals surface area contributed by atoms with Gasteiger partial charge in [0, 0.05) is 49.5 Å². The molecule has 1 N–H and O–H groups in total. The number of nitrogens with one attached hydrogen (secondary N) is 1. The Morgan fingerprint density at radius 2 is 1.95 bits per heavy atom. The third-order valence-electron chi connectivity index (χ3n) is 6.60. The van der Waals surface area contributed by atoms with Gasteiger partial charge in [0.05, 0.1) is 18.3 Å². The molecular formula is C29H37FN4O4S. The summed E-state index contributed by atoms with van der Waals surface area (Å²) in [6.45, 7) is 8.83. The van der Waals surface area contributed by atoms with Crippen LogP contribution < -0.4 is 5.32 Å². The van der Waals surface area contributed by atoms with E-state index in [0.29, 0.717) is 43.9 Å². The van der Waals surface area contributed by atoms with Gasteiger partial charge in [-0.1, -0.05) is 30.0 Å². The number of likely N-dealkylation sites (tertiary alicyclic amines) is 1. The van der Waals surface area contributed by atoms with Gasteiger partial charge in [-0.3, -0.25) is 19.2 Å². The molecule has 0 bridgehead atoms. The molecule has 0 radical (unpaired) electrons. The summed E-state index contributed by atoms with van der Waals surface area (Å²) in [4.78, 5) is 39.3. The predicted octanol–water partition coefficient (Wildman–Crippen LogP) is 5.00. The second kappa shape index (κ2) is 12.5. The summed E-state index contributed by atoms with van der Waals surface area (Å²) in [6.07, 6.45) is 5.68. The maximum atomic E-state index is 14.9. The van der Waals surface area contributed by atoms with Crippen molar-refractivity contribution in [3.05, 3.63) is 59.2 Å². The van der Waals surface area contributed by atoms with Gasteiger partial charge in [-0.2, -0.15) is 5.10 Å². The van der Waals surface area contributed by atoms with Gasteiger partial charge < -0.3 is 10.1 Å². The molecule has 4 rings (SSSR count). The Hall–Kier alpha value is -2.98. The third kappa shape index (κ3) is 8.25. The minimum absolute atomic E-state index is 0.0173. The Bertz CT molecular complexity index is 1230. The van der Waals surface area contributed by atoms with Crippen molar-refractivity contribution in [2.24, 2.45) is 5.92 Å². The second-order valence-corrected chi connectivity index (χ2v) is 12.5. The largest absolute Gasteiger partial charge is 0.444 e. The number of carbonyl (C=O) groups excluding carboxylic acids is 3. The first kappa shape index (κ1) is 29.0. The monoisotopic (exact) mass is 556 g/mol. The van der Waals surface area contributed by atoms with Crippen LogP contribution in [0.5, 0.6) is 0 Å². The van der Waals surface area contributed by atoms with Gasteiger partial charge in [-0.25, -0.2) is 9.18 Å². The number of piperidine rings is 1. The highest BCUT2D eigenvalue weighted by Gasteiger charge is 2.41. The van der Waals surface area contributed by atoms with E-state index in [2.05, 4.69) is 10.4 Å². The maximum Gasteiger partial charge on any atom is 0.407 e. The fourth-order valence-corrected chi connectivity index (χ4v) is 5.67. The van der Waals surface area contributed by atoms with Crippen molar-refractivity contribution < 1.29 is 23.5 Å². The van der Waals surface area contributed by atoms with Crippen LogP contribution in [-0.2, 0) is 20.9 Å². The molecular weight excluding hydrogens is 519 g/mol. The molecule has 39 heavy (non-hydrogen) atoms. The van der Waals surface area contributed by atoms with Gasteiger partial charge in [0.2, 0.25) is 0 Å². The molecule has 1 aliphatic carbocycles. The molecule has 1 aliphatic heterocycles. The molecule has 1 saturated heterocycles. The van der Waals surface area contributed by atoms with E-state index in [-0.39, 0.29) is 27.9 Å².